The maximum absolute atomic E-state index is 12.7. The molecule has 32 heavy (non-hydrogen) atoms. The molecule has 0 saturated carbocycles. The van der Waals surface area contributed by atoms with Gasteiger partial charge in [-0.3, -0.25) is 4.79 Å². The van der Waals surface area contributed by atoms with Gasteiger partial charge in [0.05, 0.1) is 13.2 Å². The van der Waals surface area contributed by atoms with E-state index < -0.39 is 5.97 Å². The Kier molecular flexibility index (Phi) is 8.27. The molecule has 0 fully saturated rings. The molecule has 7 heteroatoms. The third-order valence-corrected chi connectivity index (χ3v) is 5.60. The van der Waals surface area contributed by atoms with Gasteiger partial charge in [0, 0.05) is 10.9 Å². The number of carbonyl (C=O) groups is 2. The van der Waals surface area contributed by atoms with E-state index in [-0.39, 0.29) is 19.1 Å². The molecule has 1 aromatic heterocycles. The van der Waals surface area contributed by atoms with E-state index in [1.807, 2.05) is 48.7 Å². The third kappa shape index (κ3) is 5.68. The number of hydrogen-bond acceptors (Lipinski definition) is 6. The first kappa shape index (κ1) is 23.3. The first-order valence-corrected chi connectivity index (χ1v) is 11.5. The predicted molar refractivity (Wildman–Crippen MR) is 127 cm³/mol. The van der Waals surface area contributed by atoms with Gasteiger partial charge in [-0.05, 0) is 43.5 Å². The van der Waals surface area contributed by atoms with Gasteiger partial charge in [-0.15, -0.1) is 11.3 Å². The summed E-state index contributed by atoms with van der Waals surface area (Å²) in [7, 11) is 0. The van der Waals surface area contributed by atoms with E-state index in [0.717, 1.165) is 17.5 Å². The molecule has 0 bridgehead atoms. The highest BCUT2D eigenvalue weighted by molar-refractivity contribution is 7.15. The number of hydrogen-bond donors (Lipinski definition) is 1. The van der Waals surface area contributed by atoms with Crippen molar-refractivity contribution in [2.75, 3.05) is 25.1 Å². The smallest absolute Gasteiger partial charge is 0.341 e. The summed E-state index contributed by atoms with van der Waals surface area (Å²) < 4.78 is 16.4. The number of amides is 1. The SMILES string of the molecule is CCOC(=O)c1c(-c2ccc(CC)cc2)csc1NC(=O)COc1ccccc1OCC. The van der Waals surface area contributed by atoms with Gasteiger partial charge in [-0.1, -0.05) is 43.3 Å². The van der Waals surface area contributed by atoms with Crippen LogP contribution in [0.15, 0.2) is 53.9 Å². The van der Waals surface area contributed by atoms with E-state index in [2.05, 4.69) is 12.2 Å². The molecule has 0 atom stereocenters. The van der Waals surface area contributed by atoms with E-state index in [9.17, 15) is 9.59 Å². The Morgan fingerprint density at radius 3 is 2.22 bits per heavy atom. The van der Waals surface area contributed by atoms with Gasteiger partial charge in [-0.25, -0.2) is 4.79 Å². The number of para-hydroxylation sites is 2. The van der Waals surface area contributed by atoms with E-state index in [0.29, 0.717) is 28.7 Å². The van der Waals surface area contributed by atoms with Crippen LogP contribution in [0.25, 0.3) is 11.1 Å². The zero-order chi connectivity index (χ0) is 22.9. The number of nitrogens with one attached hydrogen (secondary N) is 1. The summed E-state index contributed by atoms with van der Waals surface area (Å²) in [6.07, 6.45) is 0.933. The van der Waals surface area contributed by atoms with Crippen molar-refractivity contribution in [3.8, 4) is 22.6 Å². The first-order valence-electron chi connectivity index (χ1n) is 10.6. The first-order chi connectivity index (χ1) is 15.6. The number of aryl methyl sites for hydroxylation is 1. The number of anilines is 1. The molecule has 3 aromatic rings. The molecular weight excluding hydrogens is 426 g/mol. The van der Waals surface area contributed by atoms with Gasteiger partial charge in [0.1, 0.15) is 10.6 Å². The molecule has 0 saturated heterocycles. The van der Waals surface area contributed by atoms with Gasteiger partial charge < -0.3 is 19.5 Å². The summed E-state index contributed by atoms with van der Waals surface area (Å²) in [5.74, 6) is 0.208. The standard InChI is InChI=1S/C25H27NO5S/c1-4-17-11-13-18(14-12-17)19-16-32-24(23(19)25(28)30-6-3)26-22(27)15-31-21-10-8-7-9-20(21)29-5-2/h7-14,16H,4-6,15H2,1-3H3,(H,26,27). The molecule has 2 aromatic carbocycles. The van der Waals surface area contributed by atoms with Crippen molar-refractivity contribution in [1.82, 2.24) is 0 Å². The number of esters is 1. The highest BCUT2D eigenvalue weighted by Crippen LogP contribution is 2.36. The zero-order valence-electron chi connectivity index (χ0n) is 18.5. The number of carbonyl (C=O) groups excluding carboxylic acids is 2. The molecule has 1 heterocycles. The molecule has 0 aliphatic rings. The summed E-state index contributed by atoms with van der Waals surface area (Å²) in [4.78, 5) is 25.3. The number of benzene rings is 2. The average molecular weight is 454 g/mol. The maximum atomic E-state index is 12.7. The van der Waals surface area contributed by atoms with E-state index in [4.69, 9.17) is 14.2 Å². The minimum absolute atomic E-state index is 0.217. The summed E-state index contributed by atoms with van der Waals surface area (Å²) in [5.41, 5.74) is 3.18. The Bertz CT molecular complexity index is 1060. The van der Waals surface area contributed by atoms with Gasteiger partial charge in [0.2, 0.25) is 0 Å². The largest absolute Gasteiger partial charge is 0.490 e. The van der Waals surface area contributed by atoms with E-state index >= 15 is 0 Å². The second kappa shape index (κ2) is 11.3. The molecule has 0 unspecified atom stereocenters. The van der Waals surface area contributed by atoms with Crippen LogP contribution in [0, 0.1) is 0 Å². The van der Waals surface area contributed by atoms with Crippen LogP contribution in [0.3, 0.4) is 0 Å². The maximum Gasteiger partial charge on any atom is 0.341 e. The van der Waals surface area contributed by atoms with Crippen molar-refractivity contribution in [3.05, 3.63) is 65.0 Å². The molecule has 0 aliphatic heterocycles. The fourth-order valence-corrected chi connectivity index (χ4v) is 4.11. The fourth-order valence-electron chi connectivity index (χ4n) is 3.14. The summed E-state index contributed by atoms with van der Waals surface area (Å²) >= 11 is 1.28. The van der Waals surface area contributed by atoms with Crippen LogP contribution in [0.2, 0.25) is 0 Å². The predicted octanol–water partition coefficient (Wildman–Crippen LogP) is 5.57. The molecule has 0 radical (unpaired) electrons. The van der Waals surface area contributed by atoms with E-state index in [1.54, 1.807) is 19.1 Å². The fraction of sp³-hybridized carbons (Fsp3) is 0.280. The molecule has 6 nitrogen and oxygen atoms in total. The molecular formula is C25H27NO5S. The molecule has 3 rings (SSSR count). The van der Waals surface area contributed by atoms with Crippen molar-refractivity contribution in [2.45, 2.75) is 27.2 Å². The molecule has 1 N–H and O–H groups in total. The van der Waals surface area contributed by atoms with Crippen LogP contribution >= 0.6 is 11.3 Å². The second-order valence-corrected chi connectivity index (χ2v) is 7.72. The summed E-state index contributed by atoms with van der Waals surface area (Å²) in [6, 6.07) is 15.2. The van der Waals surface area contributed by atoms with Crippen LogP contribution in [0.5, 0.6) is 11.5 Å². The lowest BCUT2D eigenvalue weighted by atomic mass is 10.0. The van der Waals surface area contributed by atoms with Crippen molar-refractivity contribution in [2.24, 2.45) is 0 Å². The van der Waals surface area contributed by atoms with Gasteiger partial charge >= 0.3 is 5.97 Å². The average Bonchev–Trinajstić information content (AvgIpc) is 3.22. The molecule has 0 aliphatic carbocycles. The Labute approximate surface area is 192 Å². The molecule has 0 spiro atoms. The van der Waals surface area contributed by atoms with Gasteiger partial charge in [0.15, 0.2) is 18.1 Å². The Hall–Kier alpha value is -3.32. The van der Waals surface area contributed by atoms with Gasteiger partial charge in [0.25, 0.3) is 5.91 Å². The lowest BCUT2D eigenvalue weighted by Gasteiger charge is -2.12. The minimum atomic E-state index is -0.471. The van der Waals surface area contributed by atoms with Crippen LogP contribution in [-0.2, 0) is 16.0 Å². The Balaban J connectivity index is 1.79. The quantitative estimate of drug-likeness (QED) is 0.406. The second-order valence-electron chi connectivity index (χ2n) is 6.84. The zero-order valence-corrected chi connectivity index (χ0v) is 19.3. The lowest BCUT2D eigenvalue weighted by Crippen LogP contribution is -2.21. The highest BCUT2D eigenvalue weighted by atomic mass is 32.1. The Morgan fingerprint density at radius 1 is 0.906 bits per heavy atom. The monoisotopic (exact) mass is 453 g/mol. The van der Waals surface area contributed by atoms with Crippen LogP contribution < -0.4 is 14.8 Å². The Morgan fingerprint density at radius 2 is 1.59 bits per heavy atom. The molecule has 1 amide bonds. The minimum Gasteiger partial charge on any atom is -0.490 e. The van der Waals surface area contributed by atoms with Crippen molar-refractivity contribution in [3.63, 3.8) is 0 Å². The van der Waals surface area contributed by atoms with Crippen molar-refractivity contribution >= 4 is 28.2 Å². The van der Waals surface area contributed by atoms with Gasteiger partial charge in [-0.2, -0.15) is 0 Å². The molecule has 168 valence electrons. The van der Waals surface area contributed by atoms with Crippen LogP contribution in [-0.4, -0.2) is 31.7 Å². The lowest BCUT2D eigenvalue weighted by molar-refractivity contribution is -0.118. The number of ether oxygens (including phenoxy) is 3. The number of rotatable bonds is 10. The number of thiophene rings is 1. The topological polar surface area (TPSA) is 73.9 Å². The van der Waals surface area contributed by atoms with Crippen LogP contribution in [0.4, 0.5) is 5.00 Å². The van der Waals surface area contributed by atoms with E-state index in [1.165, 1.54) is 16.9 Å². The normalized spacial score (nSPS) is 10.5. The summed E-state index contributed by atoms with van der Waals surface area (Å²) in [5, 5.41) is 5.09. The third-order valence-electron chi connectivity index (χ3n) is 4.70. The van der Waals surface area contributed by atoms with Crippen molar-refractivity contribution < 1.29 is 23.8 Å². The summed E-state index contributed by atoms with van der Waals surface area (Å²) in [6.45, 7) is 6.24. The highest BCUT2D eigenvalue weighted by Gasteiger charge is 2.23. The van der Waals surface area contributed by atoms with Crippen molar-refractivity contribution in [1.29, 1.82) is 0 Å². The van der Waals surface area contributed by atoms with Crippen LogP contribution in [0.1, 0.15) is 36.7 Å².